The number of ether oxygens (including phenoxy) is 1. The number of rotatable bonds is 4. The fraction of sp³-hybridized carbons (Fsp3) is 0.273. The summed E-state index contributed by atoms with van der Waals surface area (Å²) in [6.45, 7) is 4.93. The number of nitrogens with zero attached hydrogens (tertiary/aromatic N) is 4. The molecule has 0 unspecified atom stereocenters. The van der Waals surface area contributed by atoms with Crippen LogP contribution in [0.3, 0.4) is 0 Å². The Bertz CT molecular complexity index is 939. The van der Waals surface area contributed by atoms with Crippen molar-refractivity contribution in [1.82, 2.24) is 14.5 Å². The molecular formula is C22H24N4O2. The van der Waals surface area contributed by atoms with Gasteiger partial charge in [0.05, 0.1) is 7.11 Å². The first-order chi connectivity index (χ1) is 13.7. The molecule has 1 amide bonds. The summed E-state index contributed by atoms with van der Waals surface area (Å²) < 4.78 is 7.26. The van der Waals surface area contributed by atoms with Gasteiger partial charge in [-0.15, -0.1) is 0 Å². The number of carbonyl (C=O) groups excluding carboxylic acids is 1. The number of hydrogen-bond donors (Lipinski definition) is 0. The van der Waals surface area contributed by atoms with Crippen LogP contribution in [0.1, 0.15) is 15.9 Å². The first kappa shape index (κ1) is 18.1. The quantitative estimate of drug-likeness (QED) is 0.702. The van der Waals surface area contributed by atoms with Crippen molar-refractivity contribution in [3.05, 3.63) is 72.1 Å². The first-order valence-electron chi connectivity index (χ1n) is 9.44. The van der Waals surface area contributed by atoms with Crippen LogP contribution in [0.15, 0.2) is 60.9 Å². The molecule has 0 radical (unpaired) electrons. The zero-order chi connectivity index (χ0) is 19.5. The van der Waals surface area contributed by atoms with Crippen molar-refractivity contribution in [2.45, 2.75) is 6.92 Å². The fourth-order valence-corrected chi connectivity index (χ4v) is 3.46. The Labute approximate surface area is 165 Å². The second-order valence-corrected chi connectivity index (χ2v) is 6.94. The molecule has 1 aliphatic rings. The van der Waals surface area contributed by atoms with Crippen LogP contribution in [0, 0.1) is 6.92 Å². The Hall–Kier alpha value is -3.28. The molecule has 1 saturated heterocycles. The van der Waals surface area contributed by atoms with Crippen LogP contribution in [0.25, 0.3) is 5.69 Å². The summed E-state index contributed by atoms with van der Waals surface area (Å²) >= 11 is 0. The van der Waals surface area contributed by atoms with E-state index in [1.807, 2.05) is 41.6 Å². The zero-order valence-electron chi connectivity index (χ0n) is 16.2. The minimum Gasteiger partial charge on any atom is -0.497 e. The SMILES string of the molecule is COc1ccc(C(=O)N2CCN(c3nccn3-c3ccc(C)cc3)CC2)cc1. The fourth-order valence-electron chi connectivity index (χ4n) is 3.46. The number of aromatic nitrogens is 2. The lowest BCUT2D eigenvalue weighted by molar-refractivity contribution is 0.0746. The van der Waals surface area contributed by atoms with E-state index in [0.29, 0.717) is 18.7 Å². The molecule has 0 saturated carbocycles. The molecule has 0 aliphatic carbocycles. The molecule has 1 aromatic heterocycles. The van der Waals surface area contributed by atoms with Crippen molar-refractivity contribution in [2.24, 2.45) is 0 Å². The van der Waals surface area contributed by atoms with E-state index in [9.17, 15) is 4.79 Å². The number of carbonyl (C=O) groups is 1. The maximum atomic E-state index is 12.8. The third-order valence-corrected chi connectivity index (χ3v) is 5.12. The second-order valence-electron chi connectivity index (χ2n) is 6.94. The number of piperazine rings is 1. The van der Waals surface area contributed by atoms with Gasteiger partial charge in [-0.2, -0.15) is 0 Å². The number of hydrogen-bond acceptors (Lipinski definition) is 4. The summed E-state index contributed by atoms with van der Waals surface area (Å²) in [5, 5.41) is 0. The Morgan fingerprint density at radius 2 is 1.64 bits per heavy atom. The van der Waals surface area contributed by atoms with Gasteiger partial charge < -0.3 is 14.5 Å². The summed E-state index contributed by atoms with van der Waals surface area (Å²) in [5.41, 5.74) is 3.02. The number of benzene rings is 2. The third-order valence-electron chi connectivity index (χ3n) is 5.12. The average molecular weight is 376 g/mol. The summed E-state index contributed by atoms with van der Waals surface area (Å²) in [6, 6.07) is 15.7. The van der Waals surface area contributed by atoms with Gasteiger partial charge in [-0.25, -0.2) is 4.98 Å². The van der Waals surface area contributed by atoms with E-state index in [-0.39, 0.29) is 5.91 Å². The molecule has 0 N–H and O–H groups in total. The molecule has 6 nitrogen and oxygen atoms in total. The number of methoxy groups -OCH3 is 1. The van der Waals surface area contributed by atoms with Gasteiger partial charge in [-0.05, 0) is 43.3 Å². The summed E-state index contributed by atoms with van der Waals surface area (Å²) in [7, 11) is 1.62. The Balaban J connectivity index is 1.44. The topological polar surface area (TPSA) is 50.6 Å². The summed E-state index contributed by atoms with van der Waals surface area (Å²) in [6.07, 6.45) is 3.80. The van der Waals surface area contributed by atoms with E-state index in [1.165, 1.54) is 5.56 Å². The predicted molar refractivity (Wildman–Crippen MR) is 109 cm³/mol. The van der Waals surface area contributed by atoms with Crippen molar-refractivity contribution in [3.8, 4) is 11.4 Å². The molecule has 1 aliphatic heterocycles. The molecule has 6 heteroatoms. The molecule has 2 heterocycles. The van der Waals surface area contributed by atoms with Crippen LogP contribution >= 0.6 is 0 Å². The third kappa shape index (κ3) is 3.58. The van der Waals surface area contributed by atoms with Gasteiger partial charge in [0, 0.05) is 49.8 Å². The van der Waals surface area contributed by atoms with Gasteiger partial charge in [0.1, 0.15) is 5.75 Å². The van der Waals surface area contributed by atoms with E-state index < -0.39 is 0 Å². The largest absolute Gasteiger partial charge is 0.497 e. The maximum absolute atomic E-state index is 12.8. The Kier molecular flexibility index (Phi) is 5.02. The van der Waals surface area contributed by atoms with Crippen LogP contribution < -0.4 is 9.64 Å². The van der Waals surface area contributed by atoms with Crippen LogP contribution in [-0.4, -0.2) is 53.6 Å². The highest BCUT2D eigenvalue weighted by molar-refractivity contribution is 5.94. The van der Waals surface area contributed by atoms with Crippen molar-refractivity contribution in [2.75, 3.05) is 38.2 Å². The van der Waals surface area contributed by atoms with Crippen LogP contribution in [0.4, 0.5) is 5.95 Å². The van der Waals surface area contributed by atoms with E-state index >= 15 is 0 Å². The molecule has 0 bridgehead atoms. The van der Waals surface area contributed by atoms with Gasteiger partial charge in [0.25, 0.3) is 5.91 Å². The second kappa shape index (κ2) is 7.76. The maximum Gasteiger partial charge on any atom is 0.253 e. The van der Waals surface area contributed by atoms with Crippen molar-refractivity contribution in [3.63, 3.8) is 0 Å². The molecule has 0 atom stereocenters. The normalized spacial score (nSPS) is 14.2. The minimum absolute atomic E-state index is 0.0594. The zero-order valence-corrected chi connectivity index (χ0v) is 16.2. The van der Waals surface area contributed by atoms with E-state index in [1.54, 1.807) is 7.11 Å². The van der Waals surface area contributed by atoms with Gasteiger partial charge >= 0.3 is 0 Å². The molecule has 1 fully saturated rings. The first-order valence-corrected chi connectivity index (χ1v) is 9.44. The molecule has 0 spiro atoms. The lowest BCUT2D eigenvalue weighted by Crippen LogP contribution is -2.49. The lowest BCUT2D eigenvalue weighted by Gasteiger charge is -2.35. The average Bonchev–Trinajstić information content (AvgIpc) is 3.24. The Morgan fingerprint density at radius 1 is 0.964 bits per heavy atom. The molecule has 3 aromatic rings. The molecule has 28 heavy (non-hydrogen) atoms. The smallest absolute Gasteiger partial charge is 0.253 e. The van der Waals surface area contributed by atoms with Crippen LogP contribution in [-0.2, 0) is 0 Å². The van der Waals surface area contributed by atoms with Crippen LogP contribution in [0.5, 0.6) is 5.75 Å². The van der Waals surface area contributed by atoms with E-state index in [4.69, 9.17) is 4.74 Å². The van der Waals surface area contributed by atoms with Crippen LogP contribution in [0.2, 0.25) is 0 Å². The minimum atomic E-state index is 0.0594. The highest BCUT2D eigenvalue weighted by Crippen LogP contribution is 2.21. The summed E-state index contributed by atoms with van der Waals surface area (Å²) in [4.78, 5) is 21.5. The van der Waals surface area contributed by atoms with Crippen molar-refractivity contribution in [1.29, 1.82) is 0 Å². The van der Waals surface area contributed by atoms with E-state index in [2.05, 4.69) is 45.6 Å². The van der Waals surface area contributed by atoms with Gasteiger partial charge in [0.2, 0.25) is 5.95 Å². The van der Waals surface area contributed by atoms with Gasteiger partial charge in [-0.1, -0.05) is 17.7 Å². The number of aryl methyl sites for hydroxylation is 1. The lowest BCUT2D eigenvalue weighted by atomic mass is 10.1. The molecule has 2 aromatic carbocycles. The standard InChI is InChI=1S/C22H24N4O2/c1-17-3-7-19(8-4-17)26-12-11-23-22(26)25-15-13-24(14-16-25)21(27)18-5-9-20(28-2)10-6-18/h3-12H,13-16H2,1-2H3. The van der Waals surface area contributed by atoms with Gasteiger partial charge in [0.15, 0.2) is 0 Å². The molecular weight excluding hydrogens is 352 g/mol. The molecule has 144 valence electrons. The highest BCUT2D eigenvalue weighted by Gasteiger charge is 2.24. The van der Waals surface area contributed by atoms with Gasteiger partial charge in [-0.3, -0.25) is 9.36 Å². The highest BCUT2D eigenvalue weighted by atomic mass is 16.5. The van der Waals surface area contributed by atoms with Crippen molar-refractivity contribution >= 4 is 11.9 Å². The molecule has 4 rings (SSSR count). The number of amides is 1. The number of anilines is 1. The monoisotopic (exact) mass is 376 g/mol. The Morgan fingerprint density at radius 3 is 2.29 bits per heavy atom. The van der Waals surface area contributed by atoms with Crippen molar-refractivity contribution < 1.29 is 9.53 Å². The predicted octanol–water partition coefficient (Wildman–Crippen LogP) is 3.15. The van der Waals surface area contributed by atoms with E-state index in [0.717, 1.165) is 30.5 Å². The summed E-state index contributed by atoms with van der Waals surface area (Å²) in [5.74, 6) is 1.73. The number of imidazole rings is 1.